The lowest BCUT2D eigenvalue weighted by molar-refractivity contribution is 0.477. The molecule has 2 rings (SSSR count). The van der Waals surface area contributed by atoms with E-state index in [2.05, 4.69) is 6.07 Å². The number of aromatic hydroxyl groups is 1. The molecule has 0 heterocycles. The largest absolute Gasteiger partial charge is 0.507 e. The van der Waals surface area contributed by atoms with Crippen LogP contribution in [-0.4, -0.2) is 5.11 Å². The van der Waals surface area contributed by atoms with E-state index >= 15 is 0 Å². The van der Waals surface area contributed by atoms with Gasteiger partial charge in [-0.3, -0.25) is 0 Å². The number of phenols is 1. The minimum absolute atomic E-state index is 0.274. The highest BCUT2D eigenvalue weighted by atomic mass is 16.3. The highest BCUT2D eigenvalue weighted by Gasteiger charge is 2.01. The molecular weight excluding hydrogens is 172 g/mol. The van der Waals surface area contributed by atoms with Gasteiger partial charge in [-0.25, -0.2) is 0 Å². The van der Waals surface area contributed by atoms with Gasteiger partial charge in [0.15, 0.2) is 0 Å². The Morgan fingerprint density at radius 2 is 1.79 bits per heavy atom. The Labute approximate surface area is 83.6 Å². The summed E-state index contributed by atoms with van der Waals surface area (Å²) in [6, 6.07) is 16.3. The number of hydrogen-bond acceptors (Lipinski definition) is 1. The molecular formula is C13H11O. The Bertz CT molecular complexity index is 429. The van der Waals surface area contributed by atoms with Crippen LogP contribution in [0.25, 0.3) is 11.1 Å². The Morgan fingerprint density at radius 3 is 2.43 bits per heavy atom. The van der Waals surface area contributed by atoms with Gasteiger partial charge in [-0.05, 0) is 24.6 Å². The fourth-order valence-electron chi connectivity index (χ4n) is 1.38. The van der Waals surface area contributed by atoms with Crippen LogP contribution < -0.4 is 0 Å². The average Bonchev–Trinajstić information content (AvgIpc) is 2.20. The second-order valence-electron chi connectivity index (χ2n) is 3.30. The van der Waals surface area contributed by atoms with E-state index < -0.39 is 0 Å². The number of benzene rings is 2. The van der Waals surface area contributed by atoms with E-state index in [0.29, 0.717) is 0 Å². The first-order valence-electron chi connectivity index (χ1n) is 4.54. The smallest absolute Gasteiger partial charge is 0.124 e. The van der Waals surface area contributed by atoms with Gasteiger partial charge in [0.25, 0.3) is 0 Å². The molecule has 0 amide bonds. The summed E-state index contributed by atoms with van der Waals surface area (Å²) in [4.78, 5) is 0. The van der Waals surface area contributed by atoms with Crippen molar-refractivity contribution >= 4 is 0 Å². The molecule has 0 aromatic heterocycles. The molecule has 0 atom stereocenters. The molecule has 1 radical (unpaired) electrons. The van der Waals surface area contributed by atoms with Gasteiger partial charge in [0.05, 0.1) is 0 Å². The van der Waals surface area contributed by atoms with Crippen LogP contribution in [0.1, 0.15) is 5.56 Å². The molecule has 1 heteroatoms. The van der Waals surface area contributed by atoms with Crippen LogP contribution in [0.15, 0.2) is 42.5 Å². The molecule has 14 heavy (non-hydrogen) atoms. The minimum Gasteiger partial charge on any atom is -0.507 e. The third-order valence-electron chi connectivity index (χ3n) is 2.17. The Hall–Kier alpha value is -1.76. The maximum Gasteiger partial charge on any atom is 0.124 e. The monoisotopic (exact) mass is 183 g/mol. The predicted octanol–water partition coefficient (Wildman–Crippen LogP) is 3.17. The van der Waals surface area contributed by atoms with E-state index in [0.717, 1.165) is 11.1 Å². The van der Waals surface area contributed by atoms with Crippen LogP contribution >= 0.6 is 0 Å². The lowest BCUT2D eigenvalue weighted by Gasteiger charge is -2.03. The van der Waals surface area contributed by atoms with E-state index in [1.165, 1.54) is 5.56 Å². The van der Waals surface area contributed by atoms with Crippen LogP contribution in [0.3, 0.4) is 0 Å². The Balaban J connectivity index is 2.50. The molecule has 0 fully saturated rings. The first kappa shape index (κ1) is 8.82. The first-order chi connectivity index (χ1) is 6.77. The van der Waals surface area contributed by atoms with Crippen molar-refractivity contribution in [3.05, 3.63) is 54.1 Å². The van der Waals surface area contributed by atoms with Crippen LogP contribution in [-0.2, 0) is 0 Å². The molecule has 0 bridgehead atoms. The van der Waals surface area contributed by atoms with Crippen LogP contribution in [0, 0.1) is 13.0 Å². The van der Waals surface area contributed by atoms with Crippen molar-refractivity contribution in [2.75, 3.05) is 0 Å². The molecule has 0 spiro atoms. The summed E-state index contributed by atoms with van der Waals surface area (Å²) in [6.45, 7) is 2.04. The minimum atomic E-state index is 0.274. The zero-order valence-electron chi connectivity index (χ0n) is 7.99. The van der Waals surface area contributed by atoms with Crippen LogP contribution in [0.4, 0.5) is 0 Å². The topological polar surface area (TPSA) is 20.2 Å². The van der Waals surface area contributed by atoms with Gasteiger partial charge >= 0.3 is 0 Å². The van der Waals surface area contributed by atoms with Gasteiger partial charge in [0, 0.05) is 5.56 Å². The Kier molecular flexibility index (Phi) is 2.23. The van der Waals surface area contributed by atoms with Crippen LogP contribution in [0.5, 0.6) is 5.75 Å². The fourth-order valence-corrected chi connectivity index (χ4v) is 1.38. The zero-order chi connectivity index (χ0) is 9.97. The lowest BCUT2D eigenvalue weighted by atomic mass is 10.0. The van der Waals surface area contributed by atoms with Crippen LogP contribution in [0.2, 0.25) is 0 Å². The molecule has 69 valence electrons. The molecule has 0 aliphatic carbocycles. The first-order valence-corrected chi connectivity index (χ1v) is 4.54. The van der Waals surface area contributed by atoms with Gasteiger partial charge in [-0.15, -0.1) is 0 Å². The number of phenolic OH excluding ortho intramolecular Hbond substituents is 1. The molecule has 0 unspecified atom stereocenters. The predicted molar refractivity (Wildman–Crippen MR) is 57.1 cm³/mol. The van der Waals surface area contributed by atoms with E-state index in [-0.39, 0.29) is 5.75 Å². The molecule has 2 aromatic carbocycles. The summed E-state index contributed by atoms with van der Waals surface area (Å²) >= 11 is 0. The highest BCUT2D eigenvalue weighted by molar-refractivity contribution is 5.69. The summed E-state index contributed by atoms with van der Waals surface area (Å²) in [5, 5.41) is 9.60. The Morgan fingerprint density at radius 1 is 1.07 bits per heavy atom. The lowest BCUT2D eigenvalue weighted by Crippen LogP contribution is -1.79. The van der Waals surface area contributed by atoms with E-state index in [1.807, 2.05) is 31.2 Å². The van der Waals surface area contributed by atoms with Crippen molar-refractivity contribution in [3.8, 4) is 16.9 Å². The summed E-state index contributed by atoms with van der Waals surface area (Å²) in [7, 11) is 0. The summed E-state index contributed by atoms with van der Waals surface area (Å²) in [5.74, 6) is 0.274. The number of rotatable bonds is 1. The van der Waals surface area contributed by atoms with E-state index in [1.54, 1.807) is 18.2 Å². The normalized spacial score (nSPS) is 10.1. The quantitative estimate of drug-likeness (QED) is 0.720. The SMILES string of the molecule is Cc1ccc(-c2[c]cccc2O)cc1. The molecule has 0 aliphatic heterocycles. The molecule has 0 aliphatic rings. The molecule has 2 aromatic rings. The van der Waals surface area contributed by atoms with Gasteiger partial charge in [-0.2, -0.15) is 0 Å². The average molecular weight is 183 g/mol. The molecule has 1 N–H and O–H groups in total. The standard InChI is InChI=1S/C13H11O/c1-10-6-8-11(9-7-10)12-4-2-3-5-13(12)14/h2-3,5-9,14H,1H3. The number of aryl methyl sites for hydroxylation is 1. The van der Waals surface area contributed by atoms with Crippen molar-refractivity contribution in [1.82, 2.24) is 0 Å². The van der Waals surface area contributed by atoms with Gasteiger partial charge in [0.2, 0.25) is 0 Å². The second kappa shape index (κ2) is 3.54. The fraction of sp³-hybridized carbons (Fsp3) is 0.0769. The molecule has 0 saturated heterocycles. The maximum absolute atomic E-state index is 9.60. The molecule has 1 nitrogen and oxygen atoms in total. The molecule has 0 saturated carbocycles. The maximum atomic E-state index is 9.60. The van der Waals surface area contributed by atoms with Crippen molar-refractivity contribution in [2.24, 2.45) is 0 Å². The summed E-state index contributed by atoms with van der Waals surface area (Å²) in [6.07, 6.45) is 0. The van der Waals surface area contributed by atoms with Gasteiger partial charge in [-0.1, -0.05) is 42.0 Å². The summed E-state index contributed by atoms with van der Waals surface area (Å²) < 4.78 is 0. The number of hydrogen-bond donors (Lipinski definition) is 1. The van der Waals surface area contributed by atoms with Crippen molar-refractivity contribution in [2.45, 2.75) is 6.92 Å². The van der Waals surface area contributed by atoms with E-state index in [9.17, 15) is 5.11 Å². The van der Waals surface area contributed by atoms with E-state index in [4.69, 9.17) is 0 Å². The summed E-state index contributed by atoms with van der Waals surface area (Å²) in [5.41, 5.74) is 2.96. The van der Waals surface area contributed by atoms with Crippen molar-refractivity contribution < 1.29 is 5.11 Å². The van der Waals surface area contributed by atoms with Crippen molar-refractivity contribution in [1.29, 1.82) is 0 Å². The van der Waals surface area contributed by atoms with Gasteiger partial charge < -0.3 is 5.11 Å². The zero-order valence-corrected chi connectivity index (χ0v) is 7.99. The van der Waals surface area contributed by atoms with Gasteiger partial charge in [0.1, 0.15) is 5.75 Å². The third-order valence-corrected chi connectivity index (χ3v) is 2.17. The second-order valence-corrected chi connectivity index (χ2v) is 3.30. The highest BCUT2D eigenvalue weighted by Crippen LogP contribution is 2.27. The van der Waals surface area contributed by atoms with Crippen molar-refractivity contribution in [3.63, 3.8) is 0 Å². The third kappa shape index (κ3) is 1.62.